The second-order valence-corrected chi connectivity index (χ2v) is 7.49. The molecule has 0 spiro atoms. The van der Waals surface area contributed by atoms with Gasteiger partial charge in [0.15, 0.2) is 0 Å². The van der Waals surface area contributed by atoms with Crippen LogP contribution >= 0.6 is 0 Å². The summed E-state index contributed by atoms with van der Waals surface area (Å²) in [4.78, 5) is 12.5. The molecule has 26 heavy (non-hydrogen) atoms. The normalized spacial score (nSPS) is 19.5. The van der Waals surface area contributed by atoms with E-state index in [0.717, 1.165) is 11.0 Å². The average Bonchev–Trinajstić information content (AvgIpc) is 2.80. The molecule has 1 aliphatic heterocycles. The van der Waals surface area contributed by atoms with Gasteiger partial charge in [0.05, 0.1) is 17.8 Å². The molecule has 0 N–H and O–H groups in total. The molecule has 0 bridgehead atoms. The number of hydrogen-bond donors (Lipinski definition) is 0. The Balaban J connectivity index is 2.24. The monoisotopic (exact) mass is 356 g/mol. The van der Waals surface area contributed by atoms with E-state index < -0.39 is 18.3 Å². The fraction of sp³-hybridized carbons (Fsp3) is 0.476. The number of carbonyl (C=O) groups is 1. The molecule has 0 unspecified atom stereocenters. The lowest BCUT2D eigenvalue weighted by atomic mass is 9.75. The fourth-order valence-electron chi connectivity index (χ4n) is 2.66. The highest BCUT2D eigenvalue weighted by Crippen LogP contribution is 2.39. The minimum Gasteiger partial charge on any atom is -0.463 e. The Morgan fingerprint density at radius 1 is 1.12 bits per heavy atom. The van der Waals surface area contributed by atoms with Crippen molar-refractivity contribution in [2.24, 2.45) is 0 Å². The number of rotatable bonds is 6. The molecule has 5 heteroatoms. The molecule has 1 fully saturated rings. The summed E-state index contributed by atoms with van der Waals surface area (Å²) < 4.78 is 17.4. The van der Waals surface area contributed by atoms with Crippen molar-refractivity contribution in [3.63, 3.8) is 0 Å². The number of allylic oxidation sites excluding steroid dienone is 2. The van der Waals surface area contributed by atoms with Crippen LogP contribution in [0.4, 0.5) is 0 Å². The minimum atomic E-state index is -0.551. The summed E-state index contributed by atoms with van der Waals surface area (Å²) in [7, 11) is -0.551. The first-order valence-corrected chi connectivity index (χ1v) is 9.12. The molecular weight excluding hydrogens is 327 g/mol. The first kappa shape index (κ1) is 20.5. The van der Waals surface area contributed by atoms with Crippen molar-refractivity contribution in [3.05, 3.63) is 53.0 Å². The predicted octanol–water partition coefficient (Wildman–Crippen LogP) is 4.60. The maximum atomic E-state index is 12.5. The molecule has 0 atom stereocenters. The molecule has 0 aromatic heterocycles. The number of hydrogen-bond acceptors (Lipinski definition) is 4. The molecule has 0 radical (unpaired) electrons. The van der Waals surface area contributed by atoms with E-state index in [9.17, 15) is 4.79 Å². The molecule has 0 saturated carbocycles. The fourth-order valence-corrected chi connectivity index (χ4v) is 2.66. The molecular formula is C21H29BO4. The van der Waals surface area contributed by atoms with Gasteiger partial charge in [0.2, 0.25) is 0 Å². The van der Waals surface area contributed by atoms with E-state index in [1.54, 1.807) is 6.92 Å². The summed E-state index contributed by atoms with van der Waals surface area (Å²) in [5.41, 5.74) is 1.54. The maximum Gasteiger partial charge on any atom is 0.490 e. The summed E-state index contributed by atoms with van der Waals surface area (Å²) in [6.07, 6.45) is 4.43. The Kier molecular flexibility index (Phi) is 6.48. The van der Waals surface area contributed by atoms with Crippen molar-refractivity contribution < 1.29 is 18.8 Å². The molecule has 140 valence electrons. The number of benzene rings is 1. The lowest BCUT2D eigenvalue weighted by Gasteiger charge is -2.32. The van der Waals surface area contributed by atoms with Crippen molar-refractivity contribution in [1.29, 1.82) is 0 Å². The van der Waals surface area contributed by atoms with Crippen LogP contribution < -0.4 is 0 Å². The van der Waals surface area contributed by atoms with Crippen LogP contribution in [0.25, 0.3) is 6.08 Å². The van der Waals surface area contributed by atoms with Gasteiger partial charge >= 0.3 is 13.1 Å². The Labute approximate surface area is 157 Å². The lowest BCUT2D eigenvalue weighted by Crippen LogP contribution is -2.41. The molecule has 2 rings (SSSR count). The van der Waals surface area contributed by atoms with Gasteiger partial charge in [0.25, 0.3) is 0 Å². The van der Waals surface area contributed by atoms with Crippen molar-refractivity contribution in [2.45, 2.75) is 59.2 Å². The van der Waals surface area contributed by atoms with E-state index in [4.69, 9.17) is 14.0 Å². The molecule has 1 aromatic carbocycles. The van der Waals surface area contributed by atoms with E-state index in [1.165, 1.54) is 0 Å². The van der Waals surface area contributed by atoms with Crippen LogP contribution in [0, 0.1) is 0 Å². The molecule has 1 aromatic rings. The minimum absolute atomic E-state index is 0.322. The zero-order chi connectivity index (χ0) is 19.4. The molecule has 1 saturated heterocycles. The van der Waals surface area contributed by atoms with Gasteiger partial charge in [-0.25, -0.2) is 4.79 Å². The second kappa shape index (κ2) is 8.23. The largest absolute Gasteiger partial charge is 0.490 e. The van der Waals surface area contributed by atoms with Gasteiger partial charge in [-0.1, -0.05) is 42.5 Å². The molecule has 1 heterocycles. The van der Waals surface area contributed by atoms with E-state index >= 15 is 0 Å². The zero-order valence-electron chi connectivity index (χ0n) is 16.7. The highest BCUT2D eigenvalue weighted by molar-refractivity contribution is 6.55. The topological polar surface area (TPSA) is 44.8 Å². The number of carbonyl (C=O) groups excluding carboxylic acids is 1. The van der Waals surface area contributed by atoms with Crippen LogP contribution in [0.2, 0.25) is 0 Å². The van der Waals surface area contributed by atoms with E-state index in [2.05, 4.69) is 0 Å². The van der Waals surface area contributed by atoms with Gasteiger partial charge < -0.3 is 14.0 Å². The van der Waals surface area contributed by atoms with Crippen LogP contribution in [0.3, 0.4) is 0 Å². The van der Waals surface area contributed by atoms with Crippen molar-refractivity contribution >= 4 is 19.2 Å². The first-order chi connectivity index (χ1) is 12.2. The van der Waals surface area contributed by atoms with Crippen molar-refractivity contribution in [3.8, 4) is 0 Å². The van der Waals surface area contributed by atoms with Gasteiger partial charge in [0.1, 0.15) is 0 Å². The average molecular weight is 356 g/mol. The van der Waals surface area contributed by atoms with Crippen LogP contribution in [-0.4, -0.2) is 30.9 Å². The van der Waals surface area contributed by atoms with Crippen molar-refractivity contribution in [1.82, 2.24) is 0 Å². The van der Waals surface area contributed by atoms with Crippen molar-refractivity contribution in [2.75, 3.05) is 6.61 Å². The molecule has 0 aliphatic carbocycles. The smallest absolute Gasteiger partial charge is 0.463 e. The standard InChI is InChI=1S/C21H29BO4/c1-7-24-19(23)18(15-11-14-17-12-9-8-10-13-17)16(2)22-25-20(3,4)21(5,6)26-22/h8-14H,7,15H2,1-6H3/b14-11+,18-16+. The summed E-state index contributed by atoms with van der Waals surface area (Å²) >= 11 is 0. The van der Waals surface area contributed by atoms with Crippen LogP contribution in [-0.2, 0) is 18.8 Å². The summed E-state index contributed by atoms with van der Waals surface area (Å²) in [5.74, 6) is -0.322. The van der Waals surface area contributed by atoms with Gasteiger partial charge in [-0.3, -0.25) is 0 Å². The predicted molar refractivity (Wildman–Crippen MR) is 106 cm³/mol. The van der Waals surface area contributed by atoms with Gasteiger partial charge in [0, 0.05) is 5.57 Å². The van der Waals surface area contributed by atoms with Crippen LogP contribution in [0.1, 0.15) is 53.5 Å². The molecule has 1 aliphatic rings. The van der Waals surface area contributed by atoms with E-state index in [1.807, 2.05) is 77.1 Å². The SMILES string of the molecule is CCOC(=O)/C(C/C=C/c1ccccc1)=C(\C)B1OC(C)(C)C(C)(C)O1. The van der Waals surface area contributed by atoms with Gasteiger partial charge in [-0.15, -0.1) is 0 Å². The Hall–Kier alpha value is -1.85. The van der Waals surface area contributed by atoms with E-state index in [-0.39, 0.29) is 5.97 Å². The highest BCUT2D eigenvalue weighted by atomic mass is 16.7. The quantitative estimate of drug-likeness (QED) is 0.424. The van der Waals surface area contributed by atoms with Crippen LogP contribution in [0.15, 0.2) is 47.5 Å². The lowest BCUT2D eigenvalue weighted by molar-refractivity contribution is -0.138. The molecule has 4 nitrogen and oxygen atoms in total. The second-order valence-electron chi connectivity index (χ2n) is 7.49. The Morgan fingerprint density at radius 2 is 1.69 bits per heavy atom. The summed E-state index contributed by atoms with van der Waals surface area (Å²) in [6, 6.07) is 9.98. The Morgan fingerprint density at radius 3 is 2.23 bits per heavy atom. The Bertz CT molecular complexity index is 673. The van der Waals surface area contributed by atoms with Gasteiger partial charge in [-0.05, 0) is 59.0 Å². The first-order valence-electron chi connectivity index (χ1n) is 9.12. The maximum absolute atomic E-state index is 12.5. The summed E-state index contributed by atoms with van der Waals surface area (Å²) in [5, 5.41) is 0. The third kappa shape index (κ3) is 4.65. The highest BCUT2D eigenvalue weighted by Gasteiger charge is 2.52. The van der Waals surface area contributed by atoms with E-state index in [0.29, 0.717) is 18.6 Å². The third-order valence-electron chi connectivity index (χ3n) is 5.04. The molecule has 0 amide bonds. The third-order valence-corrected chi connectivity index (χ3v) is 5.04. The zero-order valence-corrected chi connectivity index (χ0v) is 16.7. The summed E-state index contributed by atoms with van der Waals surface area (Å²) in [6.45, 7) is 12.0. The number of ether oxygens (including phenoxy) is 1. The van der Waals surface area contributed by atoms with Gasteiger partial charge in [-0.2, -0.15) is 0 Å². The number of esters is 1. The van der Waals surface area contributed by atoms with Crippen LogP contribution in [0.5, 0.6) is 0 Å².